The van der Waals surface area contributed by atoms with Gasteiger partial charge < -0.3 is 4.90 Å². The molecule has 0 fully saturated rings. The van der Waals surface area contributed by atoms with Crippen molar-refractivity contribution >= 4 is 17.1 Å². The number of hydrogen-bond donors (Lipinski definition) is 0. The predicted molar refractivity (Wildman–Crippen MR) is 215 cm³/mol. The topological polar surface area (TPSA) is 3.24 Å². The summed E-state index contributed by atoms with van der Waals surface area (Å²) in [4.78, 5) is 2.30. The van der Waals surface area contributed by atoms with Crippen LogP contribution in [-0.4, -0.2) is 0 Å². The normalized spacial score (nSPS) is 9.82. The van der Waals surface area contributed by atoms with Crippen LogP contribution in [-0.2, 0) is 0 Å². The molecule has 1 heteroatoms. The van der Waals surface area contributed by atoms with Crippen molar-refractivity contribution in [1.82, 2.24) is 0 Å². The van der Waals surface area contributed by atoms with Crippen molar-refractivity contribution in [2.45, 2.75) is 41.0 Å². The Balaban J connectivity index is 0.000000259. The molecular formula is C48H49N. The Morgan fingerprint density at radius 3 is 1.00 bits per heavy atom. The summed E-state index contributed by atoms with van der Waals surface area (Å²) < 4.78 is 0. The van der Waals surface area contributed by atoms with Crippen LogP contribution in [0.2, 0.25) is 0 Å². The van der Waals surface area contributed by atoms with Crippen LogP contribution < -0.4 is 4.90 Å². The summed E-state index contributed by atoms with van der Waals surface area (Å²) in [5.41, 5.74) is 12.2. The summed E-state index contributed by atoms with van der Waals surface area (Å²) >= 11 is 0. The van der Waals surface area contributed by atoms with E-state index in [1.807, 2.05) is 36.4 Å². The molecule has 1 nitrogen and oxygen atoms in total. The van der Waals surface area contributed by atoms with Crippen LogP contribution in [0, 0.1) is 20.8 Å². The van der Waals surface area contributed by atoms with E-state index in [-0.39, 0.29) is 0 Å². The molecule has 0 saturated heterocycles. The number of anilines is 3. The average molecular weight is 640 g/mol. The van der Waals surface area contributed by atoms with Gasteiger partial charge in [-0.2, -0.15) is 0 Å². The molecule has 7 rings (SSSR count). The number of rotatable bonds is 5. The molecule has 7 aromatic carbocycles. The van der Waals surface area contributed by atoms with Gasteiger partial charge in [0.25, 0.3) is 0 Å². The molecule has 0 aliphatic rings. The van der Waals surface area contributed by atoms with Gasteiger partial charge in [0, 0.05) is 17.1 Å². The van der Waals surface area contributed by atoms with Crippen LogP contribution in [0.4, 0.5) is 17.1 Å². The molecule has 0 bridgehead atoms. The lowest BCUT2D eigenvalue weighted by atomic mass is 9.98. The van der Waals surface area contributed by atoms with Crippen LogP contribution in [0.5, 0.6) is 0 Å². The van der Waals surface area contributed by atoms with Crippen molar-refractivity contribution in [3.8, 4) is 22.3 Å². The second-order valence-corrected chi connectivity index (χ2v) is 12.0. The number of aryl methyl sites for hydroxylation is 3. The molecular weight excluding hydrogens is 591 g/mol. The van der Waals surface area contributed by atoms with Crippen molar-refractivity contribution in [1.29, 1.82) is 0 Å². The summed E-state index contributed by atoms with van der Waals surface area (Å²) in [6.07, 6.45) is 1.25. The summed E-state index contributed by atoms with van der Waals surface area (Å²) in [5.74, 6) is 0. The molecule has 0 heterocycles. The molecule has 0 unspecified atom stereocenters. The van der Waals surface area contributed by atoms with Crippen LogP contribution >= 0.6 is 0 Å². The van der Waals surface area contributed by atoms with Crippen molar-refractivity contribution in [3.63, 3.8) is 0 Å². The lowest BCUT2D eigenvalue weighted by Crippen LogP contribution is -2.09. The second-order valence-electron chi connectivity index (χ2n) is 12.0. The molecule has 0 radical (unpaired) electrons. The van der Waals surface area contributed by atoms with Crippen molar-refractivity contribution in [2.24, 2.45) is 0 Å². The van der Waals surface area contributed by atoms with Crippen LogP contribution in [0.1, 0.15) is 37.0 Å². The molecule has 0 aliphatic heterocycles. The van der Waals surface area contributed by atoms with E-state index in [2.05, 4.69) is 197 Å². The van der Waals surface area contributed by atoms with E-state index in [0.717, 1.165) is 17.1 Å². The summed E-state index contributed by atoms with van der Waals surface area (Å²) in [6, 6.07) is 67.8. The number of nitrogens with zero attached hydrogens (tertiary/aromatic N) is 1. The van der Waals surface area contributed by atoms with E-state index in [1.54, 1.807) is 0 Å². The Hall–Kier alpha value is -5.66. The van der Waals surface area contributed by atoms with E-state index in [9.17, 15) is 0 Å². The minimum atomic E-state index is 1.14. The van der Waals surface area contributed by atoms with Gasteiger partial charge in [-0.3, -0.25) is 0 Å². The van der Waals surface area contributed by atoms with Gasteiger partial charge in [0.2, 0.25) is 0 Å². The molecule has 49 heavy (non-hydrogen) atoms. The third kappa shape index (κ3) is 11.8. The third-order valence-corrected chi connectivity index (χ3v) is 7.56. The highest BCUT2D eigenvalue weighted by Crippen LogP contribution is 2.36. The maximum Gasteiger partial charge on any atom is 0.0467 e. The summed E-state index contributed by atoms with van der Waals surface area (Å²) in [5, 5.41) is 0. The molecule has 0 N–H and O–H groups in total. The zero-order valence-corrected chi connectivity index (χ0v) is 29.6. The maximum atomic E-state index is 2.30. The number of hydrogen-bond acceptors (Lipinski definition) is 1. The SMILES string of the molecule is CCC.Cc1cccc(-c2cccc(-c3cccc(N(c4ccccc4)c4ccccc4)c3)c2)c1.Cc1ccccc1.Cc1ccccc1. The van der Waals surface area contributed by atoms with Gasteiger partial charge >= 0.3 is 0 Å². The quantitative estimate of drug-likeness (QED) is 0.181. The second kappa shape index (κ2) is 19.9. The van der Waals surface area contributed by atoms with Gasteiger partial charge in [0.15, 0.2) is 0 Å². The molecule has 0 atom stereocenters. The van der Waals surface area contributed by atoms with Gasteiger partial charge in [0.1, 0.15) is 0 Å². The number of benzene rings is 7. The molecule has 0 amide bonds. The Morgan fingerprint density at radius 2 is 0.612 bits per heavy atom. The van der Waals surface area contributed by atoms with Crippen LogP contribution in [0.15, 0.2) is 194 Å². The first-order chi connectivity index (χ1) is 24.0. The largest absolute Gasteiger partial charge is 0.310 e. The van der Waals surface area contributed by atoms with Crippen LogP contribution in [0.25, 0.3) is 22.3 Å². The summed E-state index contributed by atoms with van der Waals surface area (Å²) in [6.45, 7) is 10.6. The highest BCUT2D eigenvalue weighted by molar-refractivity contribution is 5.81. The zero-order valence-electron chi connectivity index (χ0n) is 29.6. The lowest BCUT2D eigenvalue weighted by Gasteiger charge is -2.26. The standard InChI is InChI=1S/C31H25N.2C7H8.C3H8/c1-24-11-8-12-25(21-24)26-13-9-14-27(22-26)28-15-10-20-31(23-28)32(29-16-4-2-5-17-29)30-18-6-3-7-19-30;2*1-7-5-3-2-4-6-7;1-3-2/h2-23H,1H3;2*2-6H,1H3;3H2,1-2H3. The van der Waals surface area contributed by atoms with Gasteiger partial charge in [-0.15, -0.1) is 0 Å². The third-order valence-electron chi connectivity index (χ3n) is 7.56. The average Bonchev–Trinajstić information content (AvgIpc) is 3.14. The zero-order chi connectivity index (χ0) is 34.7. The van der Waals surface area contributed by atoms with Gasteiger partial charge in [0.05, 0.1) is 0 Å². The van der Waals surface area contributed by atoms with Crippen LogP contribution in [0.3, 0.4) is 0 Å². The molecule has 7 aromatic rings. The number of para-hydroxylation sites is 2. The first kappa shape index (κ1) is 36.2. The highest BCUT2D eigenvalue weighted by Gasteiger charge is 2.13. The van der Waals surface area contributed by atoms with E-state index < -0.39 is 0 Å². The molecule has 0 aliphatic carbocycles. The van der Waals surface area contributed by atoms with E-state index >= 15 is 0 Å². The van der Waals surface area contributed by atoms with Crippen molar-refractivity contribution in [3.05, 3.63) is 211 Å². The van der Waals surface area contributed by atoms with Gasteiger partial charge in [-0.25, -0.2) is 0 Å². The van der Waals surface area contributed by atoms with E-state index in [4.69, 9.17) is 0 Å². The van der Waals surface area contributed by atoms with Crippen molar-refractivity contribution in [2.75, 3.05) is 4.90 Å². The lowest BCUT2D eigenvalue weighted by molar-refractivity contribution is 1.09. The Kier molecular flexibility index (Phi) is 14.7. The minimum Gasteiger partial charge on any atom is -0.310 e. The first-order valence-corrected chi connectivity index (χ1v) is 17.2. The van der Waals surface area contributed by atoms with Gasteiger partial charge in [-0.1, -0.05) is 189 Å². The Bertz CT molecular complexity index is 1840. The fourth-order valence-electron chi connectivity index (χ4n) is 5.20. The monoisotopic (exact) mass is 639 g/mol. The maximum absolute atomic E-state index is 2.30. The van der Waals surface area contributed by atoms with Crippen molar-refractivity contribution < 1.29 is 0 Å². The molecule has 246 valence electrons. The molecule has 0 saturated carbocycles. The minimum absolute atomic E-state index is 1.14. The fraction of sp³-hybridized carbons (Fsp3) is 0.125. The fourth-order valence-corrected chi connectivity index (χ4v) is 5.20. The molecule has 0 spiro atoms. The smallest absolute Gasteiger partial charge is 0.0467 e. The van der Waals surface area contributed by atoms with Gasteiger partial charge in [-0.05, 0) is 85.5 Å². The van der Waals surface area contributed by atoms with E-state index in [1.165, 1.54) is 45.4 Å². The first-order valence-electron chi connectivity index (χ1n) is 17.2. The highest BCUT2D eigenvalue weighted by atomic mass is 15.1. The van der Waals surface area contributed by atoms with E-state index in [0.29, 0.717) is 0 Å². The summed E-state index contributed by atoms with van der Waals surface area (Å²) in [7, 11) is 0. The molecule has 0 aromatic heterocycles. The Morgan fingerprint density at radius 1 is 0.306 bits per heavy atom. The predicted octanol–water partition coefficient (Wildman–Crippen LogP) is 14.2. The Labute approximate surface area is 295 Å².